The van der Waals surface area contributed by atoms with Gasteiger partial charge in [0.2, 0.25) is 0 Å². The standard InChI is InChI=1S/C20H18N4O6S/c1-14-6-8-16(12-17(14)24(25)26)31(27,28)30-18-9-7-15(11-19(18)29-2)13-22-23-20-5-3-4-10-21-20/h3-13H,1-2H3,(H,21,23)/b22-13+. The van der Waals surface area contributed by atoms with Crippen LogP contribution in [0.3, 0.4) is 0 Å². The summed E-state index contributed by atoms with van der Waals surface area (Å²) in [4.78, 5) is 14.2. The van der Waals surface area contributed by atoms with Gasteiger partial charge in [-0.2, -0.15) is 13.5 Å². The predicted octanol–water partition coefficient (Wildman–Crippen LogP) is 3.52. The van der Waals surface area contributed by atoms with Crippen LogP contribution in [0.15, 0.2) is 70.8 Å². The molecule has 1 N–H and O–H groups in total. The first-order chi connectivity index (χ1) is 14.8. The number of aromatic nitrogens is 1. The van der Waals surface area contributed by atoms with Gasteiger partial charge in [0, 0.05) is 17.8 Å². The Morgan fingerprint density at radius 1 is 1.13 bits per heavy atom. The van der Waals surface area contributed by atoms with Gasteiger partial charge in [-0.25, -0.2) is 4.98 Å². The van der Waals surface area contributed by atoms with Crippen LogP contribution >= 0.6 is 0 Å². The first-order valence-electron chi connectivity index (χ1n) is 8.88. The molecule has 0 saturated heterocycles. The minimum atomic E-state index is -4.32. The molecule has 0 spiro atoms. The van der Waals surface area contributed by atoms with E-state index in [2.05, 4.69) is 15.5 Å². The molecular weight excluding hydrogens is 424 g/mol. The highest BCUT2D eigenvalue weighted by atomic mass is 32.2. The number of benzene rings is 2. The number of hydrazone groups is 1. The highest BCUT2D eigenvalue weighted by Crippen LogP contribution is 2.31. The van der Waals surface area contributed by atoms with Crippen LogP contribution in [0.25, 0.3) is 0 Å². The minimum Gasteiger partial charge on any atom is -0.493 e. The Labute approximate surface area is 178 Å². The molecule has 10 nitrogen and oxygen atoms in total. The van der Waals surface area contributed by atoms with Crippen molar-refractivity contribution in [2.75, 3.05) is 12.5 Å². The van der Waals surface area contributed by atoms with Gasteiger partial charge in [-0.15, -0.1) is 0 Å². The summed E-state index contributed by atoms with van der Waals surface area (Å²) in [7, 11) is -2.96. The van der Waals surface area contributed by atoms with Gasteiger partial charge in [-0.3, -0.25) is 15.5 Å². The number of ether oxygens (including phenoxy) is 1. The zero-order chi connectivity index (χ0) is 22.4. The van der Waals surface area contributed by atoms with E-state index in [1.54, 1.807) is 24.4 Å². The summed E-state index contributed by atoms with van der Waals surface area (Å²) in [5, 5.41) is 15.2. The fourth-order valence-electron chi connectivity index (χ4n) is 2.54. The Morgan fingerprint density at radius 2 is 1.94 bits per heavy atom. The predicted molar refractivity (Wildman–Crippen MR) is 114 cm³/mol. The topological polar surface area (TPSA) is 133 Å². The number of nitrogens with zero attached hydrogens (tertiary/aromatic N) is 3. The lowest BCUT2D eigenvalue weighted by molar-refractivity contribution is -0.385. The van der Waals surface area contributed by atoms with Crippen molar-refractivity contribution in [1.82, 2.24) is 4.98 Å². The smallest absolute Gasteiger partial charge is 0.339 e. The van der Waals surface area contributed by atoms with Crippen LogP contribution in [0.4, 0.5) is 11.5 Å². The van der Waals surface area contributed by atoms with Gasteiger partial charge in [0.05, 0.1) is 18.2 Å². The van der Waals surface area contributed by atoms with E-state index in [9.17, 15) is 18.5 Å². The average Bonchev–Trinajstić information content (AvgIpc) is 2.75. The van der Waals surface area contributed by atoms with Crippen LogP contribution in [-0.4, -0.2) is 31.6 Å². The van der Waals surface area contributed by atoms with Crippen molar-refractivity contribution in [2.45, 2.75) is 11.8 Å². The molecule has 160 valence electrons. The number of nitro benzene ring substituents is 1. The lowest BCUT2D eigenvalue weighted by Gasteiger charge is -2.11. The molecule has 0 radical (unpaired) electrons. The average molecular weight is 442 g/mol. The number of anilines is 1. The Morgan fingerprint density at radius 3 is 2.61 bits per heavy atom. The Bertz CT molecular complexity index is 1230. The third kappa shape index (κ3) is 5.34. The van der Waals surface area contributed by atoms with Crippen molar-refractivity contribution >= 4 is 27.8 Å². The summed E-state index contributed by atoms with van der Waals surface area (Å²) in [6.45, 7) is 1.52. The number of rotatable bonds is 8. The van der Waals surface area contributed by atoms with Crippen LogP contribution in [0.5, 0.6) is 11.5 Å². The zero-order valence-electron chi connectivity index (χ0n) is 16.6. The van der Waals surface area contributed by atoms with E-state index in [1.165, 1.54) is 44.5 Å². The fraction of sp³-hybridized carbons (Fsp3) is 0.100. The van der Waals surface area contributed by atoms with Crippen LogP contribution < -0.4 is 14.3 Å². The third-order valence-electron chi connectivity index (χ3n) is 4.11. The van der Waals surface area contributed by atoms with Crippen molar-refractivity contribution in [3.05, 3.63) is 82.0 Å². The summed E-state index contributed by atoms with van der Waals surface area (Å²) < 4.78 is 35.6. The van der Waals surface area contributed by atoms with Crippen LogP contribution in [0, 0.1) is 17.0 Å². The third-order valence-corrected chi connectivity index (χ3v) is 5.34. The molecule has 0 bridgehead atoms. The van der Waals surface area contributed by atoms with E-state index in [1.807, 2.05) is 6.07 Å². The van der Waals surface area contributed by atoms with E-state index >= 15 is 0 Å². The van der Waals surface area contributed by atoms with E-state index in [4.69, 9.17) is 8.92 Å². The molecule has 0 atom stereocenters. The van der Waals surface area contributed by atoms with Crippen molar-refractivity contribution < 1.29 is 22.3 Å². The molecule has 1 aromatic heterocycles. The van der Waals surface area contributed by atoms with Crippen molar-refractivity contribution in [3.63, 3.8) is 0 Å². The van der Waals surface area contributed by atoms with E-state index in [-0.39, 0.29) is 22.1 Å². The van der Waals surface area contributed by atoms with Crippen molar-refractivity contribution in [1.29, 1.82) is 0 Å². The highest BCUT2D eigenvalue weighted by Gasteiger charge is 2.23. The maximum Gasteiger partial charge on any atom is 0.339 e. The monoisotopic (exact) mass is 442 g/mol. The minimum absolute atomic E-state index is 0.0689. The molecule has 0 amide bonds. The maximum atomic E-state index is 12.6. The Hall–Kier alpha value is -3.99. The van der Waals surface area contributed by atoms with Crippen LogP contribution in [-0.2, 0) is 10.1 Å². The number of pyridine rings is 1. The normalized spacial score (nSPS) is 11.3. The fourth-order valence-corrected chi connectivity index (χ4v) is 3.50. The molecule has 0 aliphatic heterocycles. The van der Waals surface area contributed by atoms with E-state index < -0.39 is 15.0 Å². The summed E-state index contributed by atoms with van der Waals surface area (Å²) in [5.41, 5.74) is 3.39. The lowest BCUT2D eigenvalue weighted by Crippen LogP contribution is -2.11. The number of hydrogen-bond acceptors (Lipinski definition) is 9. The molecule has 0 aliphatic carbocycles. The van der Waals surface area contributed by atoms with Gasteiger partial charge in [0.1, 0.15) is 10.7 Å². The number of nitro groups is 1. The molecule has 0 aliphatic rings. The second-order valence-corrected chi connectivity index (χ2v) is 7.78. The molecule has 0 saturated carbocycles. The van der Waals surface area contributed by atoms with Crippen LogP contribution in [0.2, 0.25) is 0 Å². The van der Waals surface area contributed by atoms with Gasteiger partial charge in [-0.05, 0) is 48.9 Å². The summed E-state index contributed by atoms with van der Waals surface area (Å²) >= 11 is 0. The quantitative estimate of drug-likeness (QED) is 0.242. The Kier molecular flexibility index (Phi) is 6.46. The molecule has 31 heavy (non-hydrogen) atoms. The zero-order valence-corrected chi connectivity index (χ0v) is 17.4. The molecule has 2 aromatic carbocycles. The van der Waals surface area contributed by atoms with Gasteiger partial charge in [-0.1, -0.05) is 12.1 Å². The van der Waals surface area contributed by atoms with Gasteiger partial charge in [0.15, 0.2) is 11.5 Å². The largest absolute Gasteiger partial charge is 0.493 e. The molecule has 0 fully saturated rings. The van der Waals surface area contributed by atoms with Gasteiger partial charge in [0.25, 0.3) is 5.69 Å². The molecule has 0 unspecified atom stereocenters. The first-order valence-corrected chi connectivity index (χ1v) is 10.3. The molecule has 1 heterocycles. The van der Waals surface area contributed by atoms with Crippen molar-refractivity contribution in [3.8, 4) is 11.5 Å². The summed E-state index contributed by atoms with van der Waals surface area (Å²) in [5.74, 6) is 0.636. The molecule has 11 heteroatoms. The molecule has 3 aromatic rings. The Balaban J connectivity index is 1.81. The summed E-state index contributed by atoms with van der Waals surface area (Å²) in [6.07, 6.45) is 3.12. The number of methoxy groups -OCH3 is 1. The van der Waals surface area contributed by atoms with Gasteiger partial charge >= 0.3 is 10.1 Å². The van der Waals surface area contributed by atoms with Crippen molar-refractivity contribution in [2.24, 2.45) is 5.10 Å². The molecule has 3 rings (SSSR count). The molecular formula is C20H18N4O6S. The number of hydrogen-bond donors (Lipinski definition) is 1. The van der Waals surface area contributed by atoms with Gasteiger partial charge < -0.3 is 8.92 Å². The highest BCUT2D eigenvalue weighted by molar-refractivity contribution is 7.87. The first kappa shape index (κ1) is 21.7. The van der Waals surface area contributed by atoms with E-state index in [0.717, 1.165) is 6.07 Å². The SMILES string of the molecule is COc1cc(/C=N/Nc2ccccn2)ccc1OS(=O)(=O)c1ccc(C)c([N+](=O)[O-])c1. The van der Waals surface area contributed by atoms with Crippen LogP contribution in [0.1, 0.15) is 11.1 Å². The summed E-state index contributed by atoms with van der Waals surface area (Å²) in [6, 6.07) is 13.4. The maximum absolute atomic E-state index is 12.6. The second kappa shape index (κ2) is 9.22. The van der Waals surface area contributed by atoms with E-state index in [0.29, 0.717) is 16.9 Å². The number of aryl methyl sites for hydroxylation is 1. The number of nitrogens with one attached hydrogen (secondary N) is 1. The second-order valence-electron chi connectivity index (χ2n) is 6.24. The lowest BCUT2D eigenvalue weighted by atomic mass is 10.2.